The van der Waals surface area contributed by atoms with Crippen molar-refractivity contribution in [1.29, 1.82) is 0 Å². The summed E-state index contributed by atoms with van der Waals surface area (Å²) < 4.78 is 12.7. The molecule has 0 radical (unpaired) electrons. The van der Waals surface area contributed by atoms with Crippen molar-refractivity contribution in [1.82, 2.24) is 9.80 Å². The number of esters is 1. The lowest BCUT2D eigenvalue weighted by molar-refractivity contribution is -0.164. The number of hydrogen-bond acceptors (Lipinski definition) is 6. The number of allylic oxidation sites excluding steroid dienone is 1. The Morgan fingerprint density at radius 1 is 1.16 bits per heavy atom. The second-order valence-electron chi connectivity index (χ2n) is 13.1. The third kappa shape index (κ3) is 5.35. The predicted octanol–water partition coefficient (Wildman–Crippen LogP) is 4.98. The predicted molar refractivity (Wildman–Crippen MR) is 164 cm³/mol. The van der Waals surface area contributed by atoms with Gasteiger partial charge in [-0.15, -0.1) is 13.2 Å². The van der Waals surface area contributed by atoms with E-state index in [0.29, 0.717) is 19.4 Å². The molecule has 2 bridgehead atoms. The van der Waals surface area contributed by atoms with Gasteiger partial charge in [-0.25, -0.2) is 0 Å². The van der Waals surface area contributed by atoms with Gasteiger partial charge in [0.25, 0.3) is 0 Å². The van der Waals surface area contributed by atoms with Crippen LogP contribution in [-0.4, -0.2) is 75.7 Å². The van der Waals surface area contributed by atoms with E-state index in [1.54, 1.807) is 11.0 Å². The Hall–Kier alpha value is -2.97. The summed E-state index contributed by atoms with van der Waals surface area (Å²) in [6, 6.07) is 7.61. The van der Waals surface area contributed by atoms with Gasteiger partial charge in [-0.3, -0.25) is 14.4 Å². The summed E-state index contributed by atoms with van der Waals surface area (Å²) in [6.07, 6.45) is 11.5. The maximum Gasteiger partial charge on any atom is 0.312 e. The lowest BCUT2D eigenvalue weighted by Gasteiger charge is -2.42. The van der Waals surface area contributed by atoms with Crippen LogP contribution < -0.4 is 0 Å². The van der Waals surface area contributed by atoms with Crippen LogP contribution in [0.3, 0.4) is 0 Å². The fourth-order valence-electron chi connectivity index (χ4n) is 8.44. The van der Waals surface area contributed by atoms with E-state index in [-0.39, 0.29) is 37.0 Å². The van der Waals surface area contributed by atoms with Crippen LogP contribution in [0, 0.1) is 17.8 Å². The highest BCUT2D eigenvalue weighted by atomic mass is 16.6. The fourth-order valence-corrected chi connectivity index (χ4v) is 8.44. The molecule has 234 valence electrons. The van der Waals surface area contributed by atoms with Gasteiger partial charge in [0.15, 0.2) is 0 Å². The van der Waals surface area contributed by atoms with Gasteiger partial charge >= 0.3 is 5.97 Å². The minimum atomic E-state index is -1.20. The number of hydrogen-bond donors (Lipinski definition) is 1. The summed E-state index contributed by atoms with van der Waals surface area (Å²) >= 11 is 0. The first-order chi connectivity index (χ1) is 20.7. The number of ether oxygens (including phenoxy) is 2. The zero-order valence-corrected chi connectivity index (χ0v) is 25.8. The molecule has 1 aromatic rings. The lowest BCUT2D eigenvalue weighted by Crippen LogP contribution is -2.59. The van der Waals surface area contributed by atoms with Gasteiger partial charge in [-0.2, -0.15) is 0 Å². The zero-order valence-electron chi connectivity index (χ0n) is 25.8. The smallest absolute Gasteiger partial charge is 0.312 e. The van der Waals surface area contributed by atoms with Gasteiger partial charge in [0.1, 0.15) is 17.6 Å². The SMILES string of the molecule is C=CCCCCOC(=O)[C@@H]1[C@H]2C(=O)N([C@H](CO)c3ccccc3)C(C(=O)N(CC=C)C3CCCCC3)C23CC(C)[C@@]1(C)O3. The highest BCUT2D eigenvalue weighted by Crippen LogP contribution is 2.66. The minimum Gasteiger partial charge on any atom is -0.465 e. The van der Waals surface area contributed by atoms with Crippen LogP contribution in [-0.2, 0) is 23.9 Å². The van der Waals surface area contributed by atoms with Crippen LogP contribution in [0.25, 0.3) is 0 Å². The average Bonchev–Trinajstić information content (AvgIpc) is 3.53. The summed E-state index contributed by atoms with van der Waals surface area (Å²) in [5.74, 6) is -2.77. The van der Waals surface area contributed by atoms with E-state index in [1.807, 2.05) is 55.2 Å². The number of unbranched alkanes of at least 4 members (excludes halogenated alkanes) is 2. The lowest BCUT2D eigenvalue weighted by atomic mass is 9.62. The van der Waals surface area contributed by atoms with Crippen LogP contribution in [0.15, 0.2) is 55.6 Å². The van der Waals surface area contributed by atoms with E-state index in [1.165, 1.54) is 0 Å². The molecule has 8 nitrogen and oxygen atoms in total. The van der Waals surface area contributed by atoms with Crippen LogP contribution >= 0.6 is 0 Å². The first-order valence-corrected chi connectivity index (χ1v) is 16.1. The maximum atomic E-state index is 14.9. The molecule has 5 rings (SSSR count). The number of amides is 2. The number of rotatable bonds is 13. The molecule has 3 heterocycles. The van der Waals surface area contributed by atoms with E-state index >= 15 is 0 Å². The first-order valence-electron chi connectivity index (χ1n) is 16.1. The second-order valence-corrected chi connectivity index (χ2v) is 13.1. The molecule has 1 saturated carbocycles. The minimum absolute atomic E-state index is 0.0406. The summed E-state index contributed by atoms with van der Waals surface area (Å²) in [4.78, 5) is 46.9. The van der Waals surface area contributed by atoms with Crippen LogP contribution in [0.1, 0.15) is 83.2 Å². The van der Waals surface area contributed by atoms with Crippen molar-refractivity contribution < 1.29 is 29.0 Å². The third-order valence-corrected chi connectivity index (χ3v) is 10.6. The van der Waals surface area contributed by atoms with Gasteiger partial charge in [0.05, 0.1) is 30.8 Å². The first kappa shape index (κ1) is 31.5. The van der Waals surface area contributed by atoms with Gasteiger partial charge in [0.2, 0.25) is 11.8 Å². The van der Waals surface area contributed by atoms with Gasteiger partial charge < -0.3 is 24.4 Å². The molecule has 1 aromatic carbocycles. The molecule has 4 aliphatic rings. The number of likely N-dealkylation sites (tertiary alicyclic amines) is 1. The average molecular weight is 593 g/mol. The Labute approximate surface area is 256 Å². The molecule has 3 unspecified atom stereocenters. The van der Waals surface area contributed by atoms with Crippen molar-refractivity contribution in [3.05, 3.63) is 61.2 Å². The molecule has 3 aliphatic heterocycles. The van der Waals surface area contributed by atoms with Gasteiger partial charge in [0, 0.05) is 12.6 Å². The Bertz CT molecular complexity index is 1200. The normalized spacial score (nSPS) is 32.3. The van der Waals surface area contributed by atoms with Gasteiger partial charge in [-0.1, -0.05) is 68.7 Å². The number of benzene rings is 1. The van der Waals surface area contributed by atoms with E-state index < -0.39 is 41.1 Å². The summed E-state index contributed by atoms with van der Waals surface area (Å²) in [5.41, 5.74) is -1.42. The highest BCUT2D eigenvalue weighted by molar-refractivity contribution is 5.99. The van der Waals surface area contributed by atoms with E-state index in [9.17, 15) is 19.5 Å². The standard InChI is InChI=1S/C35H48N2O6/c1-5-7-8-15-21-42-33(41)29-28-31(39)37(27(23-38)25-16-11-9-12-17-25)30(35(28)22-24(3)34(29,4)43-35)32(40)36(20-6-2)26-18-13-10-14-19-26/h5-6,9,11-12,16-17,24,26-30,38H,1-2,7-8,10,13-15,18-23H2,3-4H3/t24?,27-,28+,29+,30?,34-,35?/m1/s1. The van der Waals surface area contributed by atoms with E-state index in [2.05, 4.69) is 13.2 Å². The monoisotopic (exact) mass is 592 g/mol. The van der Waals surface area contributed by atoms with Crippen molar-refractivity contribution in [2.45, 2.75) is 101 Å². The molecule has 43 heavy (non-hydrogen) atoms. The number of aliphatic hydroxyl groups is 1. The van der Waals surface area contributed by atoms with Crippen molar-refractivity contribution >= 4 is 17.8 Å². The summed E-state index contributed by atoms with van der Waals surface area (Å²) in [6.45, 7) is 11.9. The van der Waals surface area contributed by atoms with Crippen molar-refractivity contribution in [2.75, 3.05) is 19.8 Å². The largest absolute Gasteiger partial charge is 0.465 e. The summed E-state index contributed by atoms with van der Waals surface area (Å²) in [7, 11) is 0. The van der Waals surface area contributed by atoms with E-state index in [4.69, 9.17) is 9.47 Å². The number of nitrogens with zero attached hydrogens (tertiary/aromatic N) is 2. The third-order valence-electron chi connectivity index (χ3n) is 10.6. The molecule has 0 aromatic heterocycles. The molecular weight excluding hydrogens is 544 g/mol. The molecule has 4 fully saturated rings. The molecule has 1 N–H and O–H groups in total. The molecule has 1 spiro atoms. The Balaban J connectivity index is 1.57. The number of carbonyl (C=O) groups is 3. The van der Waals surface area contributed by atoms with Crippen LogP contribution in [0.5, 0.6) is 0 Å². The number of aliphatic hydroxyl groups excluding tert-OH is 1. The number of fused-ring (bicyclic) bond motifs is 1. The Morgan fingerprint density at radius 2 is 1.88 bits per heavy atom. The molecule has 3 saturated heterocycles. The molecule has 8 heteroatoms. The summed E-state index contributed by atoms with van der Waals surface area (Å²) in [5, 5.41) is 10.8. The van der Waals surface area contributed by atoms with Crippen molar-refractivity contribution in [2.24, 2.45) is 17.8 Å². The van der Waals surface area contributed by atoms with Crippen molar-refractivity contribution in [3.63, 3.8) is 0 Å². The topological polar surface area (TPSA) is 96.4 Å². The van der Waals surface area contributed by atoms with Crippen LogP contribution in [0.2, 0.25) is 0 Å². The molecule has 2 amide bonds. The Morgan fingerprint density at radius 3 is 2.53 bits per heavy atom. The fraction of sp³-hybridized carbons (Fsp3) is 0.629. The molecule has 1 aliphatic carbocycles. The molecular formula is C35H48N2O6. The Kier molecular flexibility index (Phi) is 9.47. The van der Waals surface area contributed by atoms with E-state index in [0.717, 1.165) is 50.5 Å². The van der Waals surface area contributed by atoms with Crippen LogP contribution in [0.4, 0.5) is 0 Å². The highest BCUT2D eigenvalue weighted by Gasteiger charge is 2.81. The van der Waals surface area contributed by atoms with Crippen molar-refractivity contribution in [3.8, 4) is 0 Å². The zero-order chi connectivity index (χ0) is 30.8. The quantitative estimate of drug-likeness (QED) is 0.197. The number of carbonyl (C=O) groups excluding carboxylic acids is 3. The van der Waals surface area contributed by atoms with Gasteiger partial charge in [-0.05, 0) is 56.9 Å². The second kappa shape index (κ2) is 12.9. The molecule has 7 atom stereocenters. The maximum absolute atomic E-state index is 14.9.